The SMILES string of the molecule is O=C(CNc1ccc(Br)cc1Br)N/N=C\c1ccc(Cl)cc1Cl. The molecular weight excluding hydrogens is 469 g/mol. The molecule has 0 bridgehead atoms. The van der Waals surface area contributed by atoms with E-state index >= 15 is 0 Å². The number of carbonyl (C=O) groups is 1. The molecule has 0 aromatic heterocycles. The molecule has 2 rings (SSSR count). The minimum atomic E-state index is -0.277. The topological polar surface area (TPSA) is 53.5 Å². The molecule has 0 aliphatic rings. The maximum atomic E-state index is 11.8. The molecule has 23 heavy (non-hydrogen) atoms. The highest BCUT2D eigenvalue weighted by atomic mass is 79.9. The molecule has 2 aromatic carbocycles. The predicted octanol–water partition coefficient (Wildman–Crippen LogP) is 5.08. The Kier molecular flexibility index (Phi) is 6.89. The van der Waals surface area contributed by atoms with Gasteiger partial charge in [-0.05, 0) is 46.3 Å². The molecule has 2 N–H and O–H groups in total. The second kappa shape index (κ2) is 8.68. The van der Waals surface area contributed by atoms with Crippen molar-refractivity contribution in [3.8, 4) is 0 Å². The van der Waals surface area contributed by atoms with Crippen LogP contribution in [0.25, 0.3) is 0 Å². The van der Waals surface area contributed by atoms with Crippen LogP contribution in [0.5, 0.6) is 0 Å². The minimum absolute atomic E-state index is 0.0892. The summed E-state index contributed by atoms with van der Waals surface area (Å²) >= 11 is 18.6. The number of hydrogen-bond acceptors (Lipinski definition) is 3. The Morgan fingerprint density at radius 2 is 1.96 bits per heavy atom. The van der Waals surface area contributed by atoms with Crippen LogP contribution < -0.4 is 10.7 Å². The Morgan fingerprint density at radius 3 is 2.65 bits per heavy atom. The van der Waals surface area contributed by atoms with Crippen LogP contribution in [0.3, 0.4) is 0 Å². The quantitative estimate of drug-likeness (QED) is 0.464. The van der Waals surface area contributed by atoms with Crippen LogP contribution in [-0.2, 0) is 4.79 Å². The molecular formula is C15H11Br2Cl2N3O. The highest BCUT2D eigenvalue weighted by Gasteiger charge is 2.04. The van der Waals surface area contributed by atoms with Crippen LogP contribution in [0, 0.1) is 0 Å². The van der Waals surface area contributed by atoms with Crippen molar-refractivity contribution < 1.29 is 4.79 Å². The molecule has 0 radical (unpaired) electrons. The summed E-state index contributed by atoms with van der Waals surface area (Å²) in [5.74, 6) is -0.277. The van der Waals surface area contributed by atoms with Crippen LogP contribution in [0.1, 0.15) is 5.56 Å². The Bertz CT molecular complexity index is 753. The van der Waals surface area contributed by atoms with Gasteiger partial charge in [-0.25, -0.2) is 5.43 Å². The minimum Gasteiger partial charge on any atom is -0.375 e. The molecule has 0 aliphatic heterocycles. The fraction of sp³-hybridized carbons (Fsp3) is 0.0667. The molecule has 0 saturated carbocycles. The Labute approximate surface area is 160 Å². The number of halogens is 4. The molecule has 0 unspecified atom stereocenters. The number of rotatable bonds is 5. The van der Waals surface area contributed by atoms with Gasteiger partial charge in [-0.15, -0.1) is 0 Å². The van der Waals surface area contributed by atoms with Gasteiger partial charge in [0.05, 0.1) is 17.8 Å². The molecule has 0 saturated heterocycles. The van der Waals surface area contributed by atoms with Crippen LogP contribution in [0.2, 0.25) is 10.0 Å². The van der Waals surface area contributed by atoms with Gasteiger partial charge in [0.25, 0.3) is 5.91 Å². The van der Waals surface area contributed by atoms with E-state index in [1.165, 1.54) is 6.21 Å². The zero-order valence-corrected chi connectivity index (χ0v) is 16.3. The summed E-state index contributed by atoms with van der Waals surface area (Å²) in [6.07, 6.45) is 1.46. The van der Waals surface area contributed by atoms with Crippen molar-refractivity contribution in [2.24, 2.45) is 5.10 Å². The first-order valence-corrected chi connectivity index (χ1v) is 8.76. The monoisotopic (exact) mass is 477 g/mol. The molecule has 4 nitrogen and oxygen atoms in total. The van der Waals surface area contributed by atoms with Gasteiger partial charge in [0.2, 0.25) is 0 Å². The van der Waals surface area contributed by atoms with Gasteiger partial charge >= 0.3 is 0 Å². The van der Waals surface area contributed by atoms with E-state index in [9.17, 15) is 4.79 Å². The van der Waals surface area contributed by atoms with Crippen molar-refractivity contribution in [2.75, 3.05) is 11.9 Å². The van der Waals surface area contributed by atoms with Crippen LogP contribution in [0.4, 0.5) is 5.69 Å². The third-order valence-corrected chi connectivity index (χ3v) is 4.44. The highest BCUT2D eigenvalue weighted by Crippen LogP contribution is 2.25. The van der Waals surface area contributed by atoms with E-state index in [1.54, 1.807) is 18.2 Å². The van der Waals surface area contributed by atoms with Gasteiger partial charge < -0.3 is 5.32 Å². The summed E-state index contributed by atoms with van der Waals surface area (Å²) in [7, 11) is 0. The standard InChI is InChI=1S/C15H11Br2Cl2N3O/c16-10-2-4-14(12(17)5-10)20-8-15(23)22-21-7-9-1-3-11(18)6-13(9)19/h1-7,20H,8H2,(H,22,23)/b21-7-. The number of amides is 1. The largest absolute Gasteiger partial charge is 0.375 e. The Balaban J connectivity index is 1.86. The van der Waals surface area contributed by atoms with Gasteiger partial charge in [0.1, 0.15) is 0 Å². The van der Waals surface area contributed by atoms with Gasteiger partial charge in [-0.1, -0.05) is 45.2 Å². The number of carbonyl (C=O) groups excluding carboxylic acids is 1. The number of hydrazone groups is 1. The molecule has 0 atom stereocenters. The van der Waals surface area contributed by atoms with Crippen LogP contribution >= 0.6 is 55.1 Å². The second-order valence-electron chi connectivity index (χ2n) is 4.44. The van der Waals surface area contributed by atoms with E-state index in [0.29, 0.717) is 15.6 Å². The smallest absolute Gasteiger partial charge is 0.259 e. The first-order valence-electron chi connectivity index (χ1n) is 6.41. The lowest BCUT2D eigenvalue weighted by Crippen LogP contribution is -2.26. The fourth-order valence-electron chi connectivity index (χ4n) is 1.63. The predicted molar refractivity (Wildman–Crippen MR) is 103 cm³/mol. The lowest BCUT2D eigenvalue weighted by atomic mass is 10.2. The maximum absolute atomic E-state index is 11.8. The van der Waals surface area contributed by atoms with E-state index in [1.807, 2.05) is 18.2 Å². The van der Waals surface area contributed by atoms with E-state index < -0.39 is 0 Å². The first-order chi connectivity index (χ1) is 11.0. The van der Waals surface area contributed by atoms with Gasteiger partial charge in [-0.3, -0.25) is 4.79 Å². The summed E-state index contributed by atoms with van der Waals surface area (Å²) in [6, 6.07) is 10.7. The maximum Gasteiger partial charge on any atom is 0.259 e. The van der Waals surface area contributed by atoms with Gasteiger partial charge in [-0.2, -0.15) is 5.10 Å². The van der Waals surface area contributed by atoms with E-state index in [0.717, 1.165) is 14.6 Å². The van der Waals surface area contributed by atoms with Crippen molar-refractivity contribution in [1.82, 2.24) is 5.43 Å². The summed E-state index contributed by atoms with van der Waals surface area (Å²) in [5, 5.41) is 7.89. The summed E-state index contributed by atoms with van der Waals surface area (Å²) in [6.45, 7) is 0.0892. The van der Waals surface area contributed by atoms with Gasteiger partial charge in [0, 0.05) is 25.2 Å². The molecule has 0 heterocycles. The number of nitrogens with zero attached hydrogens (tertiary/aromatic N) is 1. The van der Waals surface area contributed by atoms with Crippen molar-refractivity contribution in [3.05, 3.63) is 61.0 Å². The van der Waals surface area contributed by atoms with Gasteiger partial charge in [0.15, 0.2) is 0 Å². The van der Waals surface area contributed by atoms with Crippen molar-refractivity contribution in [1.29, 1.82) is 0 Å². The molecule has 2 aromatic rings. The van der Waals surface area contributed by atoms with E-state index in [4.69, 9.17) is 23.2 Å². The lowest BCUT2D eigenvalue weighted by molar-refractivity contribution is -0.119. The third kappa shape index (κ3) is 5.80. The molecule has 8 heteroatoms. The van der Waals surface area contributed by atoms with E-state index in [2.05, 4.69) is 47.7 Å². The normalized spacial score (nSPS) is 10.8. The number of benzene rings is 2. The van der Waals surface area contributed by atoms with E-state index in [-0.39, 0.29) is 12.5 Å². The lowest BCUT2D eigenvalue weighted by Gasteiger charge is -2.07. The number of nitrogens with one attached hydrogen (secondary N) is 2. The fourth-order valence-corrected chi connectivity index (χ4v) is 3.27. The Hall–Kier alpha value is -1.08. The number of hydrogen-bond donors (Lipinski definition) is 2. The molecule has 120 valence electrons. The molecule has 0 fully saturated rings. The molecule has 0 aliphatic carbocycles. The summed E-state index contributed by atoms with van der Waals surface area (Å²) in [4.78, 5) is 11.8. The highest BCUT2D eigenvalue weighted by molar-refractivity contribution is 9.11. The second-order valence-corrected chi connectivity index (χ2v) is 7.05. The first kappa shape index (κ1) is 18.3. The van der Waals surface area contributed by atoms with Crippen molar-refractivity contribution in [2.45, 2.75) is 0 Å². The zero-order valence-electron chi connectivity index (χ0n) is 11.6. The average molecular weight is 480 g/mol. The number of anilines is 1. The summed E-state index contributed by atoms with van der Waals surface area (Å²) < 4.78 is 1.81. The Morgan fingerprint density at radius 1 is 1.17 bits per heavy atom. The van der Waals surface area contributed by atoms with Crippen molar-refractivity contribution >= 4 is 72.9 Å². The summed E-state index contributed by atoms with van der Waals surface area (Å²) in [5.41, 5.74) is 3.91. The van der Waals surface area contributed by atoms with Crippen LogP contribution in [-0.4, -0.2) is 18.7 Å². The zero-order chi connectivity index (χ0) is 16.8. The third-order valence-electron chi connectivity index (χ3n) is 2.73. The van der Waals surface area contributed by atoms with Crippen LogP contribution in [0.15, 0.2) is 50.4 Å². The van der Waals surface area contributed by atoms with Crippen molar-refractivity contribution in [3.63, 3.8) is 0 Å². The molecule has 0 spiro atoms. The average Bonchev–Trinajstić information content (AvgIpc) is 2.48. The molecule has 1 amide bonds.